The molecule has 0 nitrogen and oxygen atoms in total. The van der Waals surface area contributed by atoms with Crippen molar-refractivity contribution in [3.05, 3.63) is 184 Å². The van der Waals surface area contributed by atoms with Crippen LogP contribution in [0.3, 0.4) is 0 Å². The number of hydrogen-bond acceptors (Lipinski definition) is 0. The van der Waals surface area contributed by atoms with Crippen molar-refractivity contribution >= 4 is 31.7 Å². The van der Waals surface area contributed by atoms with Crippen LogP contribution in [0.2, 0.25) is 26.2 Å². The fourth-order valence-corrected chi connectivity index (χ4v) is 11.4. The number of hydrogen-bond donors (Lipinski definition) is 0. The topological polar surface area (TPSA) is 0 Å². The van der Waals surface area contributed by atoms with E-state index in [2.05, 4.69) is 13.8 Å². The molecule has 324 valence electrons. The molecule has 0 heterocycles. The largest absolute Gasteiger partial charge is 0.207 e. The molecule has 0 aliphatic rings. The lowest BCUT2D eigenvalue weighted by molar-refractivity contribution is 0.445. The quantitative estimate of drug-likeness (QED) is 0.0526. The van der Waals surface area contributed by atoms with Crippen molar-refractivity contribution in [3.8, 4) is 22.3 Å². The van der Waals surface area contributed by atoms with Gasteiger partial charge in [-0.25, -0.2) is 43.9 Å². The Morgan fingerprint density at radius 3 is 1.08 bits per heavy atom. The van der Waals surface area contributed by atoms with E-state index in [9.17, 15) is 35.1 Å². The maximum absolute atomic E-state index is 15.0. The van der Waals surface area contributed by atoms with Gasteiger partial charge in [-0.15, -0.1) is 0 Å². The Bertz CT molecular complexity index is 2320. The molecular weight excluding hydrogens is 858 g/mol. The van der Waals surface area contributed by atoms with Crippen molar-refractivity contribution in [1.82, 2.24) is 0 Å². The summed E-state index contributed by atoms with van der Waals surface area (Å²) < 4.78 is 135. The molecule has 61 heavy (non-hydrogen) atoms. The highest BCUT2D eigenvalue weighted by molar-refractivity contribution is 7.18. The van der Waals surface area contributed by atoms with Crippen LogP contribution >= 0.6 is 11.1 Å². The number of aryl methyl sites for hydroxylation is 2. The summed E-state index contributed by atoms with van der Waals surface area (Å²) in [5, 5.41) is -0.0426. The molecule has 0 aliphatic heterocycles. The summed E-state index contributed by atoms with van der Waals surface area (Å²) in [5.74, 6) is -10.4. The first kappa shape index (κ1) is 49.0. The summed E-state index contributed by atoms with van der Waals surface area (Å²) in [6.07, 6.45) is 4.07. The lowest BCUT2D eigenvalue weighted by Gasteiger charge is -2.25. The lowest BCUT2D eigenvalue weighted by atomic mass is 10.0. The minimum absolute atomic E-state index is 0.0426. The molecule has 0 fully saturated rings. The van der Waals surface area contributed by atoms with Crippen LogP contribution in [0, 0.1) is 58.2 Å². The summed E-state index contributed by atoms with van der Waals surface area (Å²) in [4.78, 5) is 0. The Morgan fingerprint density at radius 1 is 0.393 bits per heavy atom. The van der Waals surface area contributed by atoms with Crippen molar-refractivity contribution in [2.24, 2.45) is 0 Å². The highest BCUT2D eigenvalue weighted by Crippen LogP contribution is 2.27. The Kier molecular flexibility index (Phi) is 17.2. The zero-order chi connectivity index (χ0) is 45.2. The van der Waals surface area contributed by atoms with Crippen LogP contribution in [0.1, 0.15) is 48.9 Å². The molecule has 0 saturated heterocycles. The van der Waals surface area contributed by atoms with Crippen LogP contribution < -0.4 is 5.19 Å². The lowest BCUT2D eigenvalue weighted by Crippen LogP contribution is -2.48. The van der Waals surface area contributed by atoms with E-state index in [-0.39, 0.29) is 16.8 Å². The van der Waals surface area contributed by atoms with Gasteiger partial charge in [0.15, 0.2) is 42.3 Å². The van der Waals surface area contributed by atoms with Gasteiger partial charge in [-0.2, -0.15) is 11.1 Å². The molecule has 0 radical (unpaired) electrons. The van der Waals surface area contributed by atoms with Gasteiger partial charge in [0.2, 0.25) is 0 Å². The molecule has 0 N–H and O–H groups in total. The number of benzene rings is 6. The molecule has 6 aromatic carbocycles. The molecular formula is C48H47ClF10Si2. The summed E-state index contributed by atoms with van der Waals surface area (Å²) in [6, 6.07) is 25.8. The molecule has 6 rings (SSSR count). The second-order valence-corrected chi connectivity index (χ2v) is 27.6. The van der Waals surface area contributed by atoms with E-state index in [1.807, 2.05) is 61.6 Å². The maximum Gasteiger partial charge on any atom is 0.194 e. The third-order valence-corrected chi connectivity index (χ3v) is 14.4. The predicted molar refractivity (Wildman–Crippen MR) is 232 cm³/mol. The Balaban J connectivity index is 0.000000223. The number of rotatable bonds is 11. The zero-order valence-electron chi connectivity index (χ0n) is 34.7. The first-order chi connectivity index (χ1) is 28.6. The first-order valence-electron chi connectivity index (χ1n) is 19.7. The fraction of sp³-hybridized carbons (Fsp3) is 0.250. The van der Waals surface area contributed by atoms with Gasteiger partial charge in [-0.3, -0.25) is 0 Å². The molecule has 0 aromatic heterocycles. The molecule has 13 heteroatoms. The van der Waals surface area contributed by atoms with Crippen LogP contribution in [-0.4, -0.2) is 15.5 Å². The Labute approximate surface area is 358 Å². The Hall–Kier alpha value is -4.66. The van der Waals surface area contributed by atoms with E-state index >= 15 is 8.78 Å². The smallest absolute Gasteiger partial charge is 0.194 e. The summed E-state index contributed by atoms with van der Waals surface area (Å²) in [7, 11) is -4.77. The average Bonchev–Trinajstić information content (AvgIpc) is 3.16. The van der Waals surface area contributed by atoms with Crippen molar-refractivity contribution in [2.75, 3.05) is 0 Å². The van der Waals surface area contributed by atoms with E-state index in [0.29, 0.717) is 28.3 Å². The van der Waals surface area contributed by atoms with Crippen LogP contribution in [0.5, 0.6) is 0 Å². The van der Waals surface area contributed by atoms with Crippen LogP contribution in [0.15, 0.2) is 103 Å². The highest BCUT2D eigenvalue weighted by atomic mass is 35.6. The minimum Gasteiger partial charge on any atom is -0.207 e. The van der Waals surface area contributed by atoms with Crippen LogP contribution in [0.25, 0.3) is 22.3 Å². The second kappa shape index (κ2) is 21.4. The SMILES string of the molecule is CCCc1ccc(-c2cc(F)c([Si](C)(C)Cc3cc(F)c(F)c(F)c3)c(F)c2)cc1.CCCc1ccc(-c2cc(F)cc(F)c2)cc1.C[Si](C)(Cl)Cc1cc(F)c(F)c(F)c1. The van der Waals surface area contributed by atoms with Gasteiger partial charge in [-0.1, -0.05) is 101 Å². The predicted octanol–water partition coefficient (Wildman–Crippen LogP) is 14.9. The van der Waals surface area contributed by atoms with E-state index < -0.39 is 73.6 Å². The summed E-state index contributed by atoms with van der Waals surface area (Å²) in [5.41, 5.74) is 5.54. The molecule has 0 amide bonds. The van der Waals surface area contributed by atoms with Crippen molar-refractivity contribution < 1.29 is 43.9 Å². The maximum atomic E-state index is 15.0. The molecule has 0 spiro atoms. The van der Waals surface area contributed by atoms with Gasteiger partial charge in [0, 0.05) is 11.3 Å². The number of halogens is 11. The standard InChI is InChI=1S/C24H23F5Si.C15H14F2.C9H10ClF3Si/c1-4-5-15-6-8-17(9-7-15)18-12-21(27)24(22(28)13-18)30(2,3)14-16-10-19(25)23(29)20(26)11-16;1-2-3-11-4-6-12(7-5-11)13-8-14(16)10-15(17)9-13;1-14(2,10)5-6-3-7(11)9(13)8(12)4-6/h6-13H,4-5,14H2,1-3H3;4-10H,2-3H2,1H3;3-4H,5H2,1-2H3. The summed E-state index contributed by atoms with van der Waals surface area (Å²) >= 11 is 6.01. The monoisotopic (exact) mass is 904 g/mol. The molecule has 0 atom stereocenters. The van der Waals surface area contributed by atoms with Gasteiger partial charge in [-0.05, 0) is 118 Å². The third-order valence-electron chi connectivity index (χ3n) is 9.59. The van der Waals surface area contributed by atoms with Crippen molar-refractivity contribution in [3.63, 3.8) is 0 Å². The van der Waals surface area contributed by atoms with E-state index in [4.69, 9.17) is 11.1 Å². The normalized spacial score (nSPS) is 11.4. The zero-order valence-corrected chi connectivity index (χ0v) is 37.5. The van der Waals surface area contributed by atoms with Crippen LogP contribution in [0.4, 0.5) is 43.9 Å². The summed E-state index contributed by atoms with van der Waals surface area (Å²) in [6.45, 7) is 11.3. The average molecular weight is 906 g/mol. The van der Waals surface area contributed by atoms with Gasteiger partial charge in [0.05, 0.1) is 8.07 Å². The van der Waals surface area contributed by atoms with Crippen molar-refractivity contribution in [1.29, 1.82) is 0 Å². The highest BCUT2D eigenvalue weighted by Gasteiger charge is 2.32. The van der Waals surface area contributed by atoms with E-state index in [1.165, 1.54) is 29.8 Å². The molecule has 0 aliphatic carbocycles. The van der Waals surface area contributed by atoms with Gasteiger partial charge in [0.1, 0.15) is 23.3 Å². The van der Waals surface area contributed by atoms with E-state index in [0.717, 1.165) is 67.1 Å². The van der Waals surface area contributed by atoms with E-state index in [1.54, 1.807) is 13.1 Å². The molecule has 0 bridgehead atoms. The van der Waals surface area contributed by atoms with Crippen LogP contribution in [-0.2, 0) is 24.9 Å². The second-order valence-electron chi connectivity index (χ2n) is 16.1. The first-order valence-corrected chi connectivity index (χ1v) is 27.1. The Morgan fingerprint density at radius 2 is 0.738 bits per heavy atom. The minimum atomic E-state index is -2.82. The third kappa shape index (κ3) is 14.2. The fourth-order valence-electron chi connectivity index (χ4n) is 6.92. The molecule has 6 aromatic rings. The van der Waals surface area contributed by atoms with Crippen molar-refractivity contribution in [2.45, 2.75) is 77.8 Å². The molecule has 0 saturated carbocycles. The van der Waals surface area contributed by atoms with Gasteiger partial charge in [0.25, 0.3) is 0 Å². The van der Waals surface area contributed by atoms with Gasteiger partial charge < -0.3 is 0 Å². The molecule has 0 unspecified atom stereocenters. The van der Waals surface area contributed by atoms with Gasteiger partial charge >= 0.3 is 0 Å².